The van der Waals surface area contributed by atoms with Gasteiger partial charge in [-0.25, -0.2) is 32.3 Å². The standard InChI is InChI=1S/C12H10FN3O4S/c1-7-5-8(6-9(10(7)13)11(17)18)21(19,20)16-12-14-3-2-4-15-12/h2-6H,1H3,(H,17,18)(H,14,15,16). The molecule has 0 bridgehead atoms. The molecule has 0 spiro atoms. The van der Waals surface area contributed by atoms with Gasteiger partial charge in [0.2, 0.25) is 5.95 Å². The second-order valence-corrected chi connectivity index (χ2v) is 5.77. The number of carboxylic acid groups (broad SMARTS) is 1. The van der Waals surface area contributed by atoms with E-state index in [1.165, 1.54) is 25.4 Å². The summed E-state index contributed by atoms with van der Waals surface area (Å²) in [7, 11) is -4.11. The third kappa shape index (κ3) is 3.14. The van der Waals surface area contributed by atoms with Crippen LogP contribution in [-0.4, -0.2) is 29.5 Å². The SMILES string of the molecule is Cc1cc(S(=O)(=O)Nc2ncccn2)cc(C(=O)O)c1F. The van der Waals surface area contributed by atoms with Crippen LogP contribution in [0.15, 0.2) is 35.5 Å². The number of nitrogens with one attached hydrogen (secondary N) is 1. The molecule has 0 aliphatic heterocycles. The number of aryl methyl sites for hydroxylation is 1. The summed E-state index contributed by atoms with van der Waals surface area (Å²) in [5, 5.41) is 8.89. The number of benzene rings is 1. The van der Waals surface area contributed by atoms with Crippen LogP contribution in [0.1, 0.15) is 15.9 Å². The van der Waals surface area contributed by atoms with E-state index in [9.17, 15) is 17.6 Å². The van der Waals surface area contributed by atoms with E-state index in [-0.39, 0.29) is 16.4 Å². The second-order valence-electron chi connectivity index (χ2n) is 4.08. The van der Waals surface area contributed by atoms with Crippen LogP contribution >= 0.6 is 0 Å². The molecule has 110 valence electrons. The lowest BCUT2D eigenvalue weighted by atomic mass is 10.1. The highest BCUT2D eigenvalue weighted by Gasteiger charge is 2.22. The van der Waals surface area contributed by atoms with E-state index >= 15 is 0 Å². The average molecular weight is 311 g/mol. The van der Waals surface area contributed by atoms with Crippen molar-refractivity contribution in [2.24, 2.45) is 0 Å². The van der Waals surface area contributed by atoms with E-state index in [4.69, 9.17) is 5.11 Å². The van der Waals surface area contributed by atoms with Gasteiger partial charge in [0.25, 0.3) is 10.0 Å². The smallest absolute Gasteiger partial charge is 0.338 e. The quantitative estimate of drug-likeness (QED) is 0.884. The second kappa shape index (κ2) is 5.44. The van der Waals surface area contributed by atoms with Crippen LogP contribution in [0.5, 0.6) is 0 Å². The van der Waals surface area contributed by atoms with Gasteiger partial charge in [0.05, 0.1) is 10.5 Å². The number of hydrogen-bond donors (Lipinski definition) is 2. The van der Waals surface area contributed by atoms with Crippen molar-refractivity contribution in [3.63, 3.8) is 0 Å². The fraction of sp³-hybridized carbons (Fsp3) is 0.0833. The molecule has 9 heteroatoms. The van der Waals surface area contributed by atoms with Crippen molar-refractivity contribution < 1.29 is 22.7 Å². The molecule has 2 aromatic rings. The summed E-state index contributed by atoms with van der Waals surface area (Å²) in [6, 6.07) is 3.28. The zero-order valence-corrected chi connectivity index (χ0v) is 11.6. The lowest BCUT2D eigenvalue weighted by Crippen LogP contribution is -2.16. The first-order valence-corrected chi connectivity index (χ1v) is 7.13. The Balaban J connectivity index is 2.48. The molecule has 0 saturated heterocycles. The Morgan fingerprint density at radius 1 is 1.29 bits per heavy atom. The number of sulfonamides is 1. The van der Waals surface area contributed by atoms with Crippen molar-refractivity contribution in [1.29, 1.82) is 0 Å². The highest BCUT2D eigenvalue weighted by atomic mass is 32.2. The maximum absolute atomic E-state index is 13.6. The van der Waals surface area contributed by atoms with E-state index in [1.54, 1.807) is 0 Å². The molecule has 7 nitrogen and oxygen atoms in total. The van der Waals surface area contributed by atoms with Gasteiger partial charge in [-0.1, -0.05) is 0 Å². The van der Waals surface area contributed by atoms with Crippen molar-refractivity contribution in [2.75, 3.05) is 4.72 Å². The fourth-order valence-corrected chi connectivity index (χ4v) is 2.65. The van der Waals surface area contributed by atoms with E-state index in [1.807, 2.05) is 0 Å². The van der Waals surface area contributed by atoms with Gasteiger partial charge in [-0.15, -0.1) is 0 Å². The van der Waals surface area contributed by atoms with Gasteiger partial charge >= 0.3 is 5.97 Å². The molecule has 1 aromatic carbocycles. The Morgan fingerprint density at radius 2 is 1.90 bits per heavy atom. The van der Waals surface area contributed by atoms with Crippen LogP contribution in [-0.2, 0) is 10.0 Å². The van der Waals surface area contributed by atoms with Gasteiger partial charge in [0.15, 0.2) is 0 Å². The molecule has 2 rings (SSSR count). The number of halogens is 1. The maximum Gasteiger partial charge on any atom is 0.338 e. The third-order valence-corrected chi connectivity index (χ3v) is 3.87. The van der Waals surface area contributed by atoms with Crippen molar-refractivity contribution in [3.05, 3.63) is 47.5 Å². The van der Waals surface area contributed by atoms with E-state index in [0.717, 1.165) is 12.1 Å². The first-order chi connectivity index (χ1) is 9.81. The van der Waals surface area contributed by atoms with Gasteiger partial charge in [0.1, 0.15) is 5.82 Å². The number of carboxylic acids is 1. The van der Waals surface area contributed by atoms with E-state index in [0.29, 0.717) is 0 Å². The lowest BCUT2D eigenvalue weighted by molar-refractivity contribution is 0.0691. The minimum Gasteiger partial charge on any atom is -0.478 e. The molecule has 2 N–H and O–H groups in total. The summed E-state index contributed by atoms with van der Waals surface area (Å²) in [6.07, 6.45) is 2.67. The van der Waals surface area contributed by atoms with E-state index < -0.39 is 27.4 Å². The Bertz CT molecular complexity index is 794. The molecule has 0 saturated carbocycles. The predicted octanol–water partition coefficient (Wildman–Crippen LogP) is 1.42. The number of anilines is 1. The molecule has 0 amide bonds. The number of rotatable bonds is 4. The minimum atomic E-state index is -4.11. The molecule has 21 heavy (non-hydrogen) atoms. The maximum atomic E-state index is 13.6. The Labute approximate surface area is 119 Å². The van der Waals surface area contributed by atoms with Crippen LogP contribution < -0.4 is 4.72 Å². The van der Waals surface area contributed by atoms with Gasteiger partial charge in [-0.05, 0) is 30.7 Å². The Kier molecular flexibility index (Phi) is 3.85. The molecule has 1 aromatic heterocycles. The fourth-order valence-electron chi connectivity index (χ4n) is 1.58. The number of nitrogens with zero attached hydrogens (tertiary/aromatic N) is 2. The lowest BCUT2D eigenvalue weighted by Gasteiger charge is -2.09. The summed E-state index contributed by atoms with van der Waals surface area (Å²) >= 11 is 0. The highest BCUT2D eigenvalue weighted by molar-refractivity contribution is 7.92. The van der Waals surface area contributed by atoms with Crippen LogP contribution in [0.2, 0.25) is 0 Å². The van der Waals surface area contributed by atoms with Crippen molar-refractivity contribution in [3.8, 4) is 0 Å². The van der Waals surface area contributed by atoms with Gasteiger partial charge in [-0.2, -0.15) is 0 Å². The normalized spacial score (nSPS) is 11.1. The summed E-state index contributed by atoms with van der Waals surface area (Å²) in [4.78, 5) is 17.9. The average Bonchev–Trinajstić information content (AvgIpc) is 2.41. The van der Waals surface area contributed by atoms with Gasteiger partial charge in [-0.3, -0.25) is 0 Å². The monoisotopic (exact) mass is 311 g/mol. The van der Waals surface area contributed by atoms with Gasteiger partial charge in [0, 0.05) is 12.4 Å². The van der Waals surface area contributed by atoms with Crippen LogP contribution in [0.4, 0.5) is 10.3 Å². The number of aromatic nitrogens is 2. The predicted molar refractivity (Wildman–Crippen MR) is 70.9 cm³/mol. The summed E-state index contributed by atoms with van der Waals surface area (Å²) < 4.78 is 40.0. The largest absolute Gasteiger partial charge is 0.478 e. The third-order valence-electron chi connectivity index (χ3n) is 2.56. The molecular formula is C12H10FN3O4S. The zero-order valence-electron chi connectivity index (χ0n) is 10.7. The summed E-state index contributed by atoms with van der Waals surface area (Å²) in [6.45, 7) is 1.28. The molecular weight excluding hydrogens is 301 g/mol. The topological polar surface area (TPSA) is 109 Å². The van der Waals surface area contributed by atoms with Crippen LogP contribution in [0.25, 0.3) is 0 Å². The molecule has 0 aliphatic rings. The number of aromatic carboxylic acids is 1. The van der Waals surface area contributed by atoms with Crippen molar-refractivity contribution in [2.45, 2.75) is 11.8 Å². The first kappa shape index (κ1) is 14.9. The van der Waals surface area contributed by atoms with Crippen LogP contribution in [0, 0.1) is 12.7 Å². The number of carbonyl (C=O) groups is 1. The van der Waals surface area contributed by atoms with Crippen molar-refractivity contribution >= 4 is 21.9 Å². The molecule has 0 aliphatic carbocycles. The summed E-state index contributed by atoms with van der Waals surface area (Å²) in [5.74, 6) is -2.70. The van der Waals surface area contributed by atoms with Crippen LogP contribution in [0.3, 0.4) is 0 Å². The molecule has 1 heterocycles. The minimum absolute atomic E-state index is 0.0933. The molecule has 0 radical (unpaired) electrons. The Morgan fingerprint density at radius 3 is 2.48 bits per heavy atom. The molecule has 0 atom stereocenters. The Hall–Kier alpha value is -2.55. The highest BCUT2D eigenvalue weighted by Crippen LogP contribution is 2.20. The zero-order chi connectivity index (χ0) is 15.6. The van der Waals surface area contributed by atoms with E-state index in [2.05, 4.69) is 14.7 Å². The summed E-state index contributed by atoms with van der Waals surface area (Å²) in [5.41, 5.74) is -0.811. The van der Waals surface area contributed by atoms with Crippen molar-refractivity contribution in [1.82, 2.24) is 9.97 Å². The number of hydrogen-bond acceptors (Lipinski definition) is 5. The molecule has 0 unspecified atom stereocenters. The van der Waals surface area contributed by atoms with Gasteiger partial charge < -0.3 is 5.11 Å². The molecule has 0 fully saturated rings. The first-order valence-electron chi connectivity index (χ1n) is 5.64.